The van der Waals surface area contributed by atoms with Crippen molar-refractivity contribution in [2.75, 3.05) is 13.1 Å². The van der Waals surface area contributed by atoms with Crippen molar-refractivity contribution in [3.63, 3.8) is 0 Å². The van der Waals surface area contributed by atoms with Crippen molar-refractivity contribution < 1.29 is 9.59 Å². The summed E-state index contributed by atoms with van der Waals surface area (Å²) in [5.41, 5.74) is 0. The summed E-state index contributed by atoms with van der Waals surface area (Å²) in [7, 11) is 0. The SMILES string of the molecule is O=C1CCCCC(N2CCCC2)CCCC(=O)C1. The molecule has 1 saturated heterocycles. The second-order valence-electron chi connectivity index (χ2n) is 5.79. The Bertz CT molecular complexity index is 295. The molecule has 0 aromatic heterocycles. The maximum absolute atomic E-state index is 11.6. The minimum Gasteiger partial charge on any atom is -0.300 e. The molecule has 0 N–H and O–H groups in total. The molecular weight excluding hydrogens is 226 g/mol. The molecular formula is C15H25NO2. The van der Waals surface area contributed by atoms with Crippen LogP contribution in [0.3, 0.4) is 0 Å². The first-order valence-corrected chi connectivity index (χ1v) is 7.53. The topological polar surface area (TPSA) is 37.4 Å². The van der Waals surface area contributed by atoms with Crippen molar-refractivity contribution in [1.82, 2.24) is 4.90 Å². The third kappa shape index (κ3) is 4.20. The first-order valence-electron chi connectivity index (χ1n) is 7.53. The zero-order valence-electron chi connectivity index (χ0n) is 11.3. The Morgan fingerprint density at radius 2 is 1.39 bits per heavy atom. The number of ketones is 2. The summed E-state index contributed by atoms with van der Waals surface area (Å²) < 4.78 is 0. The van der Waals surface area contributed by atoms with Crippen molar-refractivity contribution in [3.8, 4) is 0 Å². The smallest absolute Gasteiger partial charge is 0.140 e. The minimum absolute atomic E-state index is 0.152. The molecule has 1 aliphatic heterocycles. The van der Waals surface area contributed by atoms with Crippen molar-refractivity contribution in [1.29, 1.82) is 0 Å². The van der Waals surface area contributed by atoms with Gasteiger partial charge in [0.1, 0.15) is 11.6 Å². The molecule has 18 heavy (non-hydrogen) atoms. The quantitative estimate of drug-likeness (QED) is 0.672. The number of hydrogen-bond acceptors (Lipinski definition) is 3. The highest BCUT2D eigenvalue weighted by Gasteiger charge is 2.22. The first-order chi connectivity index (χ1) is 8.75. The molecule has 0 aromatic carbocycles. The fraction of sp³-hybridized carbons (Fsp3) is 0.867. The van der Waals surface area contributed by atoms with Gasteiger partial charge in [0.25, 0.3) is 0 Å². The molecule has 1 saturated carbocycles. The minimum atomic E-state index is 0.152. The average molecular weight is 251 g/mol. The van der Waals surface area contributed by atoms with E-state index >= 15 is 0 Å². The van der Waals surface area contributed by atoms with E-state index in [4.69, 9.17) is 0 Å². The number of rotatable bonds is 1. The highest BCUT2D eigenvalue weighted by molar-refractivity contribution is 5.98. The Morgan fingerprint density at radius 3 is 2.11 bits per heavy atom. The molecule has 3 heteroatoms. The standard InChI is InChI=1S/C15H25NO2/c17-14-8-2-1-6-13(16-10-3-4-11-16)7-5-9-15(18)12-14/h13H,1-12H2. The fourth-order valence-electron chi connectivity index (χ4n) is 3.25. The van der Waals surface area contributed by atoms with Gasteiger partial charge in [0.05, 0.1) is 6.42 Å². The molecule has 0 aromatic rings. The molecule has 3 nitrogen and oxygen atoms in total. The second-order valence-corrected chi connectivity index (χ2v) is 5.79. The number of hydrogen-bond donors (Lipinski definition) is 0. The average Bonchev–Trinajstić information content (AvgIpc) is 2.84. The molecule has 2 rings (SSSR count). The van der Waals surface area contributed by atoms with Gasteiger partial charge in [0.2, 0.25) is 0 Å². The predicted octanol–water partition coefficient (Wildman–Crippen LogP) is 2.72. The van der Waals surface area contributed by atoms with Gasteiger partial charge in [-0.25, -0.2) is 0 Å². The van der Waals surface area contributed by atoms with E-state index in [0.29, 0.717) is 18.9 Å². The van der Waals surface area contributed by atoms with Crippen LogP contribution < -0.4 is 0 Å². The van der Waals surface area contributed by atoms with E-state index in [0.717, 1.165) is 25.7 Å². The van der Waals surface area contributed by atoms with Crippen LogP contribution in [0.1, 0.15) is 64.2 Å². The molecule has 1 atom stereocenters. The van der Waals surface area contributed by atoms with Gasteiger partial charge in [-0.2, -0.15) is 0 Å². The zero-order chi connectivity index (χ0) is 12.8. The number of Topliss-reactive ketones (excluding diaryl/α,β-unsaturated/α-hetero) is 2. The summed E-state index contributed by atoms with van der Waals surface area (Å²) in [6.07, 6.45) is 9.48. The second kappa shape index (κ2) is 7.03. The monoisotopic (exact) mass is 251 g/mol. The van der Waals surface area contributed by atoms with E-state index < -0.39 is 0 Å². The van der Waals surface area contributed by atoms with Crippen molar-refractivity contribution in [2.24, 2.45) is 0 Å². The Kier molecular flexibility index (Phi) is 5.36. The third-order valence-electron chi connectivity index (χ3n) is 4.29. The van der Waals surface area contributed by atoms with Gasteiger partial charge < -0.3 is 4.90 Å². The maximum Gasteiger partial charge on any atom is 0.140 e. The van der Waals surface area contributed by atoms with Gasteiger partial charge in [0, 0.05) is 18.9 Å². The van der Waals surface area contributed by atoms with E-state index in [-0.39, 0.29) is 18.0 Å². The highest BCUT2D eigenvalue weighted by atomic mass is 16.1. The van der Waals surface area contributed by atoms with Crippen molar-refractivity contribution in [3.05, 3.63) is 0 Å². The lowest BCUT2D eigenvalue weighted by atomic mass is 10.0. The van der Waals surface area contributed by atoms with Crippen LogP contribution in [0, 0.1) is 0 Å². The molecule has 0 spiro atoms. The predicted molar refractivity (Wildman–Crippen MR) is 71.5 cm³/mol. The van der Waals surface area contributed by atoms with Crippen LogP contribution in [0.25, 0.3) is 0 Å². The van der Waals surface area contributed by atoms with Crippen LogP contribution in [0.5, 0.6) is 0 Å². The number of carbonyl (C=O) groups is 2. The first kappa shape index (κ1) is 13.7. The van der Waals surface area contributed by atoms with Crippen molar-refractivity contribution >= 4 is 11.6 Å². The summed E-state index contributed by atoms with van der Waals surface area (Å²) >= 11 is 0. The van der Waals surface area contributed by atoms with Gasteiger partial charge in [-0.3, -0.25) is 9.59 Å². The normalized spacial score (nSPS) is 29.2. The van der Waals surface area contributed by atoms with E-state index in [9.17, 15) is 9.59 Å². The van der Waals surface area contributed by atoms with Crippen LogP contribution in [-0.2, 0) is 9.59 Å². The van der Waals surface area contributed by atoms with Crippen LogP contribution in [0.15, 0.2) is 0 Å². The Morgan fingerprint density at radius 1 is 0.778 bits per heavy atom. The molecule has 102 valence electrons. The van der Waals surface area contributed by atoms with Gasteiger partial charge in [-0.1, -0.05) is 6.42 Å². The summed E-state index contributed by atoms with van der Waals surface area (Å²) in [5.74, 6) is 0.307. The molecule has 1 unspecified atom stereocenters. The number of likely N-dealkylation sites (tertiary alicyclic amines) is 1. The van der Waals surface area contributed by atoms with Crippen LogP contribution in [0.4, 0.5) is 0 Å². The lowest BCUT2D eigenvalue weighted by Gasteiger charge is -2.27. The fourth-order valence-corrected chi connectivity index (χ4v) is 3.25. The summed E-state index contributed by atoms with van der Waals surface area (Å²) in [5, 5.41) is 0. The molecule has 0 amide bonds. The number of nitrogens with zero attached hydrogens (tertiary/aromatic N) is 1. The Hall–Kier alpha value is -0.700. The summed E-state index contributed by atoms with van der Waals surface area (Å²) in [4.78, 5) is 25.7. The van der Waals surface area contributed by atoms with Gasteiger partial charge >= 0.3 is 0 Å². The van der Waals surface area contributed by atoms with Crippen LogP contribution >= 0.6 is 0 Å². The highest BCUT2D eigenvalue weighted by Crippen LogP contribution is 2.22. The number of carbonyl (C=O) groups excluding carboxylic acids is 2. The lowest BCUT2D eigenvalue weighted by molar-refractivity contribution is -0.127. The van der Waals surface area contributed by atoms with Gasteiger partial charge in [0.15, 0.2) is 0 Å². The Balaban J connectivity index is 1.88. The Labute approximate surface area is 110 Å². The largest absolute Gasteiger partial charge is 0.300 e. The summed E-state index contributed by atoms with van der Waals surface area (Å²) in [6.45, 7) is 2.47. The zero-order valence-corrected chi connectivity index (χ0v) is 11.3. The van der Waals surface area contributed by atoms with Crippen LogP contribution in [-0.4, -0.2) is 35.6 Å². The summed E-state index contributed by atoms with van der Waals surface area (Å²) in [6, 6.07) is 0.661. The lowest BCUT2D eigenvalue weighted by Crippen LogP contribution is -2.32. The molecule has 0 radical (unpaired) electrons. The molecule has 2 aliphatic rings. The van der Waals surface area contributed by atoms with E-state index in [2.05, 4.69) is 4.90 Å². The van der Waals surface area contributed by atoms with E-state index in [1.165, 1.54) is 32.4 Å². The van der Waals surface area contributed by atoms with E-state index in [1.807, 2.05) is 0 Å². The van der Waals surface area contributed by atoms with E-state index in [1.54, 1.807) is 0 Å². The third-order valence-corrected chi connectivity index (χ3v) is 4.29. The molecule has 1 aliphatic carbocycles. The van der Waals surface area contributed by atoms with Crippen molar-refractivity contribution in [2.45, 2.75) is 70.3 Å². The molecule has 0 bridgehead atoms. The van der Waals surface area contributed by atoms with Gasteiger partial charge in [-0.05, 0) is 51.6 Å². The van der Waals surface area contributed by atoms with Gasteiger partial charge in [-0.15, -0.1) is 0 Å². The maximum atomic E-state index is 11.6. The molecule has 1 heterocycles. The van der Waals surface area contributed by atoms with Crippen LogP contribution in [0.2, 0.25) is 0 Å². The molecule has 2 fully saturated rings.